The fourth-order valence-corrected chi connectivity index (χ4v) is 1.29. The lowest BCUT2D eigenvalue weighted by Crippen LogP contribution is -2.35. The summed E-state index contributed by atoms with van der Waals surface area (Å²) in [6, 6.07) is 2.58. The van der Waals surface area contributed by atoms with Gasteiger partial charge >= 0.3 is 0 Å². The van der Waals surface area contributed by atoms with Crippen molar-refractivity contribution in [2.24, 2.45) is 10.9 Å². The van der Waals surface area contributed by atoms with Crippen molar-refractivity contribution < 1.29 is 14.0 Å². The topological polar surface area (TPSA) is 70.6 Å². The van der Waals surface area contributed by atoms with Crippen LogP contribution in [-0.2, 0) is 0 Å². The summed E-state index contributed by atoms with van der Waals surface area (Å²) in [6.07, 6.45) is 0.522. The van der Waals surface area contributed by atoms with Crippen molar-refractivity contribution in [1.82, 2.24) is 0 Å². The molecule has 1 aromatic carbocycles. The molecule has 0 aliphatic heterocycles. The van der Waals surface area contributed by atoms with Gasteiger partial charge in [0.05, 0.1) is 6.04 Å². The van der Waals surface area contributed by atoms with E-state index in [1.165, 1.54) is 0 Å². The molecule has 16 heavy (non-hydrogen) atoms. The lowest BCUT2D eigenvalue weighted by atomic mass is 10.2. The van der Waals surface area contributed by atoms with Gasteiger partial charge in [0, 0.05) is 11.8 Å². The van der Waals surface area contributed by atoms with Gasteiger partial charge in [-0.05, 0) is 18.6 Å². The van der Waals surface area contributed by atoms with Gasteiger partial charge in [-0.2, -0.15) is 0 Å². The van der Waals surface area contributed by atoms with E-state index in [2.05, 4.69) is 10.5 Å². The quantitative estimate of drug-likeness (QED) is 0.319. The summed E-state index contributed by atoms with van der Waals surface area (Å²) in [4.78, 5) is 0. The third-order valence-corrected chi connectivity index (χ3v) is 2.08. The lowest BCUT2D eigenvalue weighted by Gasteiger charge is -2.16. The number of hydrogen-bond acceptors (Lipinski definition) is 3. The fourth-order valence-electron chi connectivity index (χ4n) is 1.29. The third kappa shape index (κ3) is 3.08. The van der Waals surface area contributed by atoms with Gasteiger partial charge in [0.1, 0.15) is 11.6 Å². The highest BCUT2D eigenvalue weighted by molar-refractivity contribution is 5.87. The molecule has 1 aromatic rings. The molecule has 0 bridgehead atoms. The molecule has 0 saturated heterocycles. The Labute approximate surface area is 91.8 Å². The van der Waals surface area contributed by atoms with E-state index in [1.807, 2.05) is 0 Å². The minimum atomic E-state index is -0.683. The van der Waals surface area contributed by atoms with E-state index in [-0.39, 0.29) is 11.5 Å². The van der Waals surface area contributed by atoms with Crippen molar-refractivity contribution in [1.29, 1.82) is 0 Å². The normalized spacial score (nSPS) is 13.6. The molecule has 0 fully saturated rings. The van der Waals surface area contributed by atoms with Gasteiger partial charge in [0.15, 0.2) is 5.84 Å². The number of nitrogens with two attached hydrogens (primary N) is 1. The molecular weight excluding hydrogens is 216 g/mol. The standard InChI is InChI=1S/C10H13F2N3O/c1-2-9(10(13)15-16)14-8-4-6(11)3-7(12)5-8/h3-5,9,14,16H,2H2,1H3,(H2,13,15). The number of oxime groups is 1. The average Bonchev–Trinajstić information content (AvgIpc) is 2.23. The number of halogens is 2. The number of nitrogens with one attached hydrogen (secondary N) is 1. The van der Waals surface area contributed by atoms with Gasteiger partial charge in [-0.1, -0.05) is 12.1 Å². The Hall–Kier alpha value is -1.85. The van der Waals surface area contributed by atoms with Crippen LogP contribution in [0.2, 0.25) is 0 Å². The van der Waals surface area contributed by atoms with Crippen molar-refractivity contribution in [2.75, 3.05) is 5.32 Å². The van der Waals surface area contributed by atoms with Crippen LogP contribution in [0.25, 0.3) is 0 Å². The van der Waals surface area contributed by atoms with Gasteiger partial charge in [0.25, 0.3) is 0 Å². The van der Waals surface area contributed by atoms with Crippen LogP contribution >= 0.6 is 0 Å². The first-order valence-electron chi connectivity index (χ1n) is 4.77. The van der Waals surface area contributed by atoms with Crippen LogP contribution < -0.4 is 11.1 Å². The molecule has 0 heterocycles. The zero-order chi connectivity index (χ0) is 12.1. The first-order valence-corrected chi connectivity index (χ1v) is 4.77. The molecule has 4 N–H and O–H groups in total. The Bertz CT molecular complexity index is 375. The van der Waals surface area contributed by atoms with Crippen molar-refractivity contribution in [3.8, 4) is 0 Å². The lowest BCUT2D eigenvalue weighted by molar-refractivity contribution is 0.316. The van der Waals surface area contributed by atoms with E-state index in [9.17, 15) is 8.78 Å². The summed E-state index contributed by atoms with van der Waals surface area (Å²) < 4.78 is 25.7. The maximum atomic E-state index is 12.9. The minimum absolute atomic E-state index is 0.0350. The summed E-state index contributed by atoms with van der Waals surface area (Å²) in [5.41, 5.74) is 5.65. The number of hydrogen-bond donors (Lipinski definition) is 3. The van der Waals surface area contributed by atoms with Gasteiger partial charge in [0.2, 0.25) is 0 Å². The van der Waals surface area contributed by atoms with E-state index >= 15 is 0 Å². The highest BCUT2D eigenvalue weighted by atomic mass is 19.1. The van der Waals surface area contributed by atoms with Crippen LogP contribution in [0.1, 0.15) is 13.3 Å². The summed E-state index contributed by atoms with van der Waals surface area (Å²) >= 11 is 0. The van der Waals surface area contributed by atoms with Crippen LogP contribution in [0.15, 0.2) is 23.4 Å². The molecule has 0 aliphatic rings. The Morgan fingerprint density at radius 1 is 1.44 bits per heavy atom. The summed E-state index contributed by atoms with van der Waals surface area (Å²) in [7, 11) is 0. The summed E-state index contributed by atoms with van der Waals surface area (Å²) in [5, 5.41) is 14.1. The number of nitrogens with zero attached hydrogens (tertiary/aromatic N) is 1. The third-order valence-electron chi connectivity index (χ3n) is 2.08. The summed E-state index contributed by atoms with van der Waals surface area (Å²) in [6.45, 7) is 1.80. The van der Waals surface area contributed by atoms with Gasteiger partial charge in [-0.15, -0.1) is 0 Å². The highest BCUT2D eigenvalue weighted by Gasteiger charge is 2.12. The second-order valence-corrected chi connectivity index (χ2v) is 3.29. The van der Waals surface area contributed by atoms with E-state index < -0.39 is 17.7 Å². The monoisotopic (exact) mass is 229 g/mol. The molecule has 4 nitrogen and oxygen atoms in total. The second kappa shape index (κ2) is 5.29. The van der Waals surface area contributed by atoms with Crippen molar-refractivity contribution >= 4 is 11.5 Å². The molecule has 6 heteroatoms. The largest absolute Gasteiger partial charge is 0.409 e. The van der Waals surface area contributed by atoms with Crippen molar-refractivity contribution in [3.63, 3.8) is 0 Å². The Morgan fingerprint density at radius 3 is 2.44 bits per heavy atom. The average molecular weight is 229 g/mol. The van der Waals surface area contributed by atoms with Crippen LogP contribution in [0.3, 0.4) is 0 Å². The van der Waals surface area contributed by atoms with Crippen molar-refractivity contribution in [3.05, 3.63) is 29.8 Å². The predicted octanol–water partition coefficient (Wildman–Crippen LogP) is 1.90. The Kier molecular flexibility index (Phi) is 4.04. The van der Waals surface area contributed by atoms with E-state index in [1.54, 1.807) is 6.92 Å². The van der Waals surface area contributed by atoms with E-state index in [0.29, 0.717) is 6.42 Å². The molecular formula is C10H13F2N3O. The second-order valence-electron chi connectivity index (χ2n) is 3.29. The van der Waals surface area contributed by atoms with Gasteiger partial charge in [-0.25, -0.2) is 8.78 Å². The maximum absolute atomic E-state index is 12.9. The molecule has 0 aliphatic carbocycles. The number of rotatable bonds is 4. The Morgan fingerprint density at radius 2 is 2.00 bits per heavy atom. The molecule has 1 atom stereocenters. The highest BCUT2D eigenvalue weighted by Crippen LogP contribution is 2.14. The van der Waals surface area contributed by atoms with Gasteiger partial charge in [-0.3, -0.25) is 0 Å². The smallest absolute Gasteiger partial charge is 0.161 e. The SMILES string of the molecule is CCC(Nc1cc(F)cc(F)c1)C(N)=NO. The summed E-state index contributed by atoms with van der Waals surface area (Å²) in [5.74, 6) is -1.40. The van der Waals surface area contributed by atoms with E-state index in [4.69, 9.17) is 10.9 Å². The predicted molar refractivity (Wildman–Crippen MR) is 57.5 cm³/mol. The Balaban J connectivity index is 2.86. The van der Waals surface area contributed by atoms with Crippen LogP contribution in [-0.4, -0.2) is 17.1 Å². The molecule has 0 spiro atoms. The van der Waals surface area contributed by atoms with Gasteiger partial charge < -0.3 is 16.3 Å². The fraction of sp³-hybridized carbons (Fsp3) is 0.300. The minimum Gasteiger partial charge on any atom is -0.409 e. The first-order chi connectivity index (χ1) is 7.56. The zero-order valence-electron chi connectivity index (χ0n) is 8.74. The molecule has 0 amide bonds. The number of benzene rings is 1. The van der Waals surface area contributed by atoms with Crippen molar-refractivity contribution in [2.45, 2.75) is 19.4 Å². The number of anilines is 1. The van der Waals surface area contributed by atoms with Crippen LogP contribution in [0, 0.1) is 11.6 Å². The number of amidine groups is 1. The molecule has 1 rings (SSSR count). The maximum Gasteiger partial charge on any atom is 0.161 e. The molecule has 0 radical (unpaired) electrons. The first kappa shape index (κ1) is 12.2. The molecule has 0 saturated carbocycles. The van der Waals surface area contributed by atoms with Crippen LogP contribution in [0.4, 0.5) is 14.5 Å². The van der Waals surface area contributed by atoms with Crippen LogP contribution in [0.5, 0.6) is 0 Å². The molecule has 0 aromatic heterocycles. The molecule has 88 valence electrons. The molecule has 1 unspecified atom stereocenters. The zero-order valence-corrected chi connectivity index (χ0v) is 8.74. The van der Waals surface area contributed by atoms with E-state index in [0.717, 1.165) is 18.2 Å².